The Morgan fingerprint density at radius 3 is 1.04 bits per heavy atom. The Morgan fingerprint density at radius 2 is 1.04 bits per heavy atom. The second kappa shape index (κ2) is 20.3. The Balaban J connectivity index is -0.000000124. The normalized spacial score (nSPS) is 12.3. The zero-order chi connectivity index (χ0) is 19.1. The molecule has 0 radical (unpaired) electrons. The van der Waals surface area contributed by atoms with E-state index in [2.05, 4.69) is 25.3 Å². The summed E-state index contributed by atoms with van der Waals surface area (Å²) in [6.07, 6.45) is 0.0617. The van der Waals surface area contributed by atoms with Gasteiger partial charge in [0.25, 0.3) is 0 Å². The van der Waals surface area contributed by atoms with Crippen molar-refractivity contribution in [1.82, 2.24) is 0 Å². The zero-order valence-electron chi connectivity index (χ0n) is 13.9. The molecule has 0 rings (SSSR count). The molecule has 8 nitrogen and oxygen atoms in total. The number of aliphatic hydroxyl groups is 4. The standard InChI is InChI=1S/C5H12O4.2C4H8O2S.Sr/c6-1-5(2-7,3-8)4-9;2*1-3(7)2-4(5)6;/h6-9H,1-4H2;2*3,7H,2H2,1H3,(H,5,6);/q;;;+2/p-2. The quantitative estimate of drug-likeness (QED) is 0.160. The number of aliphatic carboxylic acids is 2. The van der Waals surface area contributed by atoms with Crippen LogP contribution >= 0.6 is 25.3 Å². The maximum Gasteiger partial charge on any atom is 2.00 e. The summed E-state index contributed by atoms with van der Waals surface area (Å²) in [5.41, 5.74) is -1.11. The van der Waals surface area contributed by atoms with Crippen molar-refractivity contribution >= 4 is 82.7 Å². The van der Waals surface area contributed by atoms with E-state index in [0.717, 1.165) is 0 Å². The van der Waals surface area contributed by atoms with E-state index in [1.807, 2.05) is 0 Å². The number of thiol groups is 2. The number of hydrogen-bond donors (Lipinski definition) is 6. The van der Waals surface area contributed by atoms with Gasteiger partial charge in [0, 0.05) is 22.4 Å². The maximum atomic E-state index is 9.65. The molecule has 0 aliphatic heterocycles. The predicted molar refractivity (Wildman–Crippen MR) is 92.7 cm³/mol. The van der Waals surface area contributed by atoms with Gasteiger partial charge >= 0.3 is 45.5 Å². The summed E-state index contributed by atoms with van der Waals surface area (Å²) in [6.45, 7) is 1.79. The summed E-state index contributed by atoms with van der Waals surface area (Å²) in [7, 11) is 0. The van der Waals surface area contributed by atoms with Gasteiger partial charge in [-0.1, -0.05) is 13.8 Å². The Morgan fingerprint density at radius 1 is 0.833 bits per heavy atom. The van der Waals surface area contributed by atoms with Crippen LogP contribution in [0.3, 0.4) is 0 Å². The molecule has 24 heavy (non-hydrogen) atoms. The summed E-state index contributed by atoms with van der Waals surface area (Å²) < 4.78 is 0. The van der Waals surface area contributed by atoms with E-state index in [1.54, 1.807) is 13.8 Å². The molecule has 0 bridgehead atoms. The van der Waals surface area contributed by atoms with Crippen LogP contribution in [0.15, 0.2) is 0 Å². The average molecular weight is 462 g/mol. The Hall–Kier alpha value is 0.961. The fourth-order valence-electron chi connectivity index (χ4n) is 0.782. The summed E-state index contributed by atoms with van der Waals surface area (Å²) in [5, 5.41) is 53.1. The maximum absolute atomic E-state index is 9.65. The third-order valence-electron chi connectivity index (χ3n) is 2.27. The SMILES string of the molecule is CC(S)CC(=O)[O-].CC(S)CC(=O)[O-].OCC(CO)(CO)CO.[Sr+2]. The molecule has 0 aliphatic carbocycles. The molecule has 0 aromatic rings. The monoisotopic (exact) mass is 462 g/mol. The number of carbonyl (C=O) groups excluding carboxylic acids is 2. The molecule has 4 N–H and O–H groups in total. The number of rotatable bonds is 8. The van der Waals surface area contributed by atoms with Crippen LogP contribution in [0.1, 0.15) is 26.7 Å². The smallest absolute Gasteiger partial charge is 0.550 e. The molecule has 0 aliphatic rings. The number of carboxylic acid groups (broad SMARTS) is 2. The van der Waals surface area contributed by atoms with Crippen LogP contribution in [-0.4, -0.2) is 115 Å². The molecule has 0 heterocycles. The first-order chi connectivity index (χ1) is 10.5. The van der Waals surface area contributed by atoms with E-state index >= 15 is 0 Å². The molecule has 2 atom stereocenters. The summed E-state index contributed by atoms with van der Waals surface area (Å²) in [6, 6.07) is 0. The second-order valence-corrected chi connectivity index (χ2v) is 6.75. The minimum absolute atomic E-state index is 0. The predicted octanol–water partition coefficient (Wildman–Crippen LogP) is -3.55. The van der Waals surface area contributed by atoms with Gasteiger partial charge in [-0.05, 0) is 12.8 Å². The van der Waals surface area contributed by atoms with Crippen LogP contribution < -0.4 is 10.2 Å². The molecule has 0 aromatic carbocycles. The van der Waals surface area contributed by atoms with Gasteiger partial charge in [0.1, 0.15) is 0 Å². The first kappa shape index (κ1) is 32.6. The summed E-state index contributed by atoms with van der Waals surface area (Å²) >= 11 is 7.63. The minimum Gasteiger partial charge on any atom is -0.550 e. The fraction of sp³-hybridized carbons (Fsp3) is 0.846. The summed E-state index contributed by atoms with van der Waals surface area (Å²) in [4.78, 5) is 19.3. The van der Waals surface area contributed by atoms with Gasteiger partial charge in [0.2, 0.25) is 0 Å². The topological polar surface area (TPSA) is 161 Å². The van der Waals surface area contributed by atoms with Crippen LogP contribution in [0, 0.1) is 5.41 Å². The number of aliphatic hydroxyl groups excluding tert-OH is 4. The number of carboxylic acids is 2. The zero-order valence-corrected chi connectivity index (χ0v) is 19.2. The van der Waals surface area contributed by atoms with Crippen LogP contribution in [0.5, 0.6) is 0 Å². The van der Waals surface area contributed by atoms with Crippen molar-refractivity contribution in [2.45, 2.75) is 37.2 Å². The Labute approximate surface area is 190 Å². The van der Waals surface area contributed by atoms with Gasteiger partial charge in [-0.15, -0.1) is 0 Å². The molecule has 0 saturated heterocycles. The first-order valence-corrected chi connectivity index (χ1v) is 7.72. The van der Waals surface area contributed by atoms with Crippen molar-refractivity contribution in [3.63, 3.8) is 0 Å². The van der Waals surface area contributed by atoms with Crippen molar-refractivity contribution in [3.05, 3.63) is 0 Å². The molecular weight excluding hydrogens is 436 g/mol. The van der Waals surface area contributed by atoms with Crippen molar-refractivity contribution in [1.29, 1.82) is 0 Å². The van der Waals surface area contributed by atoms with Gasteiger partial charge in [-0.2, -0.15) is 25.3 Å². The third kappa shape index (κ3) is 25.2. The van der Waals surface area contributed by atoms with Crippen molar-refractivity contribution in [3.8, 4) is 0 Å². The molecule has 2 unspecified atom stereocenters. The molecule has 0 saturated carbocycles. The molecule has 0 spiro atoms. The van der Waals surface area contributed by atoms with Gasteiger partial charge in [-0.25, -0.2) is 0 Å². The van der Waals surface area contributed by atoms with E-state index in [0.29, 0.717) is 0 Å². The average Bonchev–Trinajstić information content (AvgIpc) is 2.40. The van der Waals surface area contributed by atoms with Crippen molar-refractivity contribution < 1.29 is 40.2 Å². The number of carbonyl (C=O) groups is 2. The first-order valence-electron chi connectivity index (χ1n) is 6.69. The Bertz CT molecular complexity index is 275. The molecule has 0 amide bonds. The van der Waals surface area contributed by atoms with E-state index in [9.17, 15) is 19.8 Å². The van der Waals surface area contributed by atoms with E-state index in [-0.39, 0.29) is 68.8 Å². The summed E-state index contributed by atoms with van der Waals surface area (Å²) in [5.74, 6) is -2.08. The molecule has 0 aromatic heterocycles. The van der Waals surface area contributed by atoms with E-state index in [1.165, 1.54) is 0 Å². The van der Waals surface area contributed by atoms with Crippen LogP contribution in [-0.2, 0) is 9.59 Å². The van der Waals surface area contributed by atoms with Crippen molar-refractivity contribution in [2.75, 3.05) is 26.4 Å². The van der Waals surface area contributed by atoms with Crippen molar-refractivity contribution in [2.24, 2.45) is 5.41 Å². The Kier molecular flexibility index (Phi) is 27.6. The molecule has 11 heteroatoms. The van der Waals surface area contributed by atoms with E-state index in [4.69, 9.17) is 20.4 Å². The molecule has 0 fully saturated rings. The van der Waals surface area contributed by atoms with Crippen LogP contribution in [0.4, 0.5) is 0 Å². The van der Waals surface area contributed by atoms with Gasteiger partial charge in [0.15, 0.2) is 0 Å². The van der Waals surface area contributed by atoms with Gasteiger partial charge < -0.3 is 40.2 Å². The molecule has 140 valence electrons. The molecular formula is C13H26O8S2Sr. The third-order valence-corrected chi connectivity index (χ3v) is 2.63. The number of hydrogen-bond acceptors (Lipinski definition) is 10. The van der Waals surface area contributed by atoms with Gasteiger partial charge in [0.05, 0.1) is 31.8 Å². The minimum atomic E-state index is -1.11. The largest absolute Gasteiger partial charge is 2.00 e. The van der Waals surface area contributed by atoms with E-state index < -0.39 is 43.8 Å². The van der Waals surface area contributed by atoms with Crippen LogP contribution in [0.2, 0.25) is 0 Å². The van der Waals surface area contributed by atoms with Gasteiger partial charge in [-0.3, -0.25) is 0 Å². The fourth-order valence-corrected chi connectivity index (χ4v) is 1.08. The van der Waals surface area contributed by atoms with Crippen LogP contribution in [0.25, 0.3) is 0 Å². The second-order valence-electron chi connectivity index (χ2n) is 4.98.